The van der Waals surface area contributed by atoms with Crippen molar-refractivity contribution in [2.24, 2.45) is 0 Å². The molecule has 0 saturated heterocycles. The van der Waals surface area contributed by atoms with Crippen molar-refractivity contribution in [1.29, 1.82) is 0 Å². The molecule has 0 aliphatic heterocycles. The Morgan fingerprint density at radius 2 is 1.69 bits per heavy atom. The van der Waals surface area contributed by atoms with Crippen LogP contribution in [-0.4, -0.2) is 36.8 Å². The molecule has 0 aliphatic rings. The van der Waals surface area contributed by atoms with E-state index in [4.69, 9.17) is 42.8 Å². The number of methoxy groups -OCH3 is 2. The quantitative estimate of drug-likeness (QED) is 0.157. The molecular formula is C29H28ClN3O5S. The van der Waals surface area contributed by atoms with E-state index in [0.29, 0.717) is 51.4 Å². The first-order valence-corrected chi connectivity index (χ1v) is 13.0. The summed E-state index contributed by atoms with van der Waals surface area (Å²) in [6.45, 7) is 2.75. The third-order valence-electron chi connectivity index (χ3n) is 5.73. The lowest BCUT2D eigenvalue weighted by atomic mass is 10.2. The van der Waals surface area contributed by atoms with Crippen LogP contribution in [0.5, 0.6) is 28.7 Å². The van der Waals surface area contributed by atoms with Gasteiger partial charge in [-0.2, -0.15) is 0 Å². The van der Waals surface area contributed by atoms with Crippen molar-refractivity contribution in [2.45, 2.75) is 19.8 Å². The van der Waals surface area contributed by atoms with Gasteiger partial charge in [-0.05, 0) is 73.2 Å². The second-order valence-electron chi connectivity index (χ2n) is 8.42. The highest BCUT2D eigenvalue weighted by Crippen LogP contribution is 2.38. The largest absolute Gasteiger partial charge is 0.494 e. The number of aromatic nitrogens is 1. The standard InChI is InChI=1S/C29H28ClN3O5S/c1-4-5-14-37-20-9-6-18(7-10-20)28(34)33-29(39)32-19-8-11-25(22(30)15-19)38-24-12-13-31-23-17-27(36-3)26(35-2)16-21(23)24/h6-13,15-17H,4-5,14H2,1-3H3,(H2,32,33,34,39). The maximum Gasteiger partial charge on any atom is 0.257 e. The van der Waals surface area contributed by atoms with Gasteiger partial charge in [-0.15, -0.1) is 0 Å². The van der Waals surface area contributed by atoms with Crippen molar-refractivity contribution in [1.82, 2.24) is 10.3 Å². The number of hydrogen-bond donors (Lipinski definition) is 2. The Balaban J connectivity index is 1.40. The van der Waals surface area contributed by atoms with Crippen molar-refractivity contribution in [2.75, 3.05) is 26.1 Å². The topological polar surface area (TPSA) is 90.9 Å². The van der Waals surface area contributed by atoms with Gasteiger partial charge in [0.2, 0.25) is 0 Å². The molecule has 0 spiro atoms. The lowest BCUT2D eigenvalue weighted by Crippen LogP contribution is -2.34. The van der Waals surface area contributed by atoms with Gasteiger partial charge in [0.15, 0.2) is 16.6 Å². The van der Waals surface area contributed by atoms with Gasteiger partial charge in [0.25, 0.3) is 5.91 Å². The first-order valence-electron chi connectivity index (χ1n) is 12.2. The average molecular weight is 566 g/mol. The zero-order valence-corrected chi connectivity index (χ0v) is 23.3. The molecule has 1 heterocycles. The molecule has 0 unspecified atom stereocenters. The fourth-order valence-electron chi connectivity index (χ4n) is 3.69. The van der Waals surface area contributed by atoms with Crippen LogP contribution in [0.1, 0.15) is 30.1 Å². The van der Waals surface area contributed by atoms with Crippen molar-refractivity contribution in [3.05, 3.63) is 77.4 Å². The monoisotopic (exact) mass is 565 g/mol. The zero-order valence-electron chi connectivity index (χ0n) is 21.7. The van der Waals surface area contributed by atoms with Crippen LogP contribution in [0.15, 0.2) is 66.9 Å². The molecule has 4 rings (SSSR count). The fourth-order valence-corrected chi connectivity index (χ4v) is 4.12. The fraction of sp³-hybridized carbons (Fsp3) is 0.207. The van der Waals surface area contributed by atoms with Gasteiger partial charge in [-0.25, -0.2) is 0 Å². The second kappa shape index (κ2) is 13.1. The number of thiocarbonyl (C=S) groups is 1. The van der Waals surface area contributed by atoms with E-state index in [-0.39, 0.29) is 11.0 Å². The van der Waals surface area contributed by atoms with E-state index in [1.807, 2.05) is 0 Å². The van der Waals surface area contributed by atoms with E-state index in [0.717, 1.165) is 24.0 Å². The number of amides is 1. The van der Waals surface area contributed by atoms with Gasteiger partial charge >= 0.3 is 0 Å². The maximum atomic E-state index is 12.6. The van der Waals surface area contributed by atoms with Gasteiger partial charge in [-0.1, -0.05) is 24.9 Å². The molecule has 8 nitrogen and oxygen atoms in total. The van der Waals surface area contributed by atoms with E-state index in [1.165, 1.54) is 0 Å². The smallest absolute Gasteiger partial charge is 0.257 e. The minimum atomic E-state index is -0.338. The summed E-state index contributed by atoms with van der Waals surface area (Å²) < 4.78 is 22.5. The summed E-state index contributed by atoms with van der Waals surface area (Å²) in [5.74, 6) is 2.49. The first kappa shape index (κ1) is 27.9. The molecule has 10 heteroatoms. The molecule has 1 aromatic heterocycles. The molecule has 4 aromatic rings. The van der Waals surface area contributed by atoms with E-state index in [1.54, 1.807) is 81.1 Å². The van der Waals surface area contributed by atoms with Crippen LogP contribution in [0.2, 0.25) is 5.02 Å². The Labute approximate surface area is 237 Å². The van der Waals surface area contributed by atoms with Gasteiger partial charge in [0.1, 0.15) is 17.2 Å². The lowest BCUT2D eigenvalue weighted by molar-refractivity contribution is 0.0977. The molecule has 0 saturated carbocycles. The Hall–Kier alpha value is -4.08. The second-order valence-corrected chi connectivity index (χ2v) is 9.23. The van der Waals surface area contributed by atoms with E-state index < -0.39 is 0 Å². The van der Waals surface area contributed by atoms with Gasteiger partial charge in [0, 0.05) is 28.9 Å². The number of halogens is 1. The van der Waals surface area contributed by atoms with E-state index in [2.05, 4.69) is 22.5 Å². The molecule has 3 aromatic carbocycles. The number of benzene rings is 3. The first-order chi connectivity index (χ1) is 18.9. The number of nitrogens with one attached hydrogen (secondary N) is 2. The number of hydrogen-bond acceptors (Lipinski definition) is 7. The minimum Gasteiger partial charge on any atom is -0.494 e. The Kier molecular flexibility index (Phi) is 9.40. The predicted octanol–water partition coefficient (Wildman–Crippen LogP) is 7.00. The van der Waals surface area contributed by atoms with Crippen molar-refractivity contribution < 1.29 is 23.7 Å². The molecule has 1 amide bonds. The number of rotatable bonds is 10. The normalized spacial score (nSPS) is 10.6. The summed E-state index contributed by atoms with van der Waals surface area (Å²) in [7, 11) is 3.13. The molecule has 39 heavy (non-hydrogen) atoms. The SMILES string of the molecule is CCCCOc1ccc(C(=O)NC(=S)Nc2ccc(Oc3ccnc4cc(OC)c(OC)cc34)c(Cl)c2)cc1. The van der Waals surface area contributed by atoms with Gasteiger partial charge in [-0.3, -0.25) is 15.1 Å². The third kappa shape index (κ3) is 7.07. The highest BCUT2D eigenvalue weighted by atomic mass is 35.5. The summed E-state index contributed by atoms with van der Waals surface area (Å²) in [5.41, 5.74) is 1.73. The molecular weight excluding hydrogens is 538 g/mol. The van der Waals surface area contributed by atoms with Gasteiger partial charge < -0.3 is 24.3 Å². The Morgan fingerprint density at radius 3 is 2.38 bits per heavy atom. The lowest BCUT2D eigenvalue weighted by Gasteiger charge is -2.14. The minimum absolute atomic E-state index is 0.133. The van der Waals surface area contributed by atoms with Crippen molar-refractivity contribution >= 4 is 51.4 Å². The van der Waals surface area contributed by atoms with Crippen molar-refractivity contribution in [3.63, 3.8) is 0 Å². The molecule has 202 valence electrons. The highest BCUT2D eigenvalue weighted by Gasteiger charge is 2.14. The number of fused-ring (bicyclic) bond motifs is 1. The van der Waals surface area contributed by atoms with Crippen LogP contribution in [0.3, 0.4) is 0 Å². The van der Waals surface area contributed by atoms with Crippen LogP contribution in [0.4, 0.5) is 5.69 Å². The molecule has 0 atom stereocenters. The average Bonchev–Trinajstić information content (AvgIpc) is 2.94. The van der Waals surface area contributed by atoms with Gasteiger partial charge in [0.05, 0.1) is 31.4 Å². The molecule has 0 radical (unpaired) electrons. The van der Waals surface area contributed by atoms with Crippen LogP contribution in [0, 0.1) is 0 Å². The third-order valence-corrected chi connectivity index (χ3v) is 6.23. The number of unbranched alkanes of at least 4 members (excludes halogenated alkanes) is 1. The number of ether oxygens (including phenoxy) is 4. The highest BCUT2D eigenvalue weighted by molar-refractivity contribution is 7.80. The van der Waals surface area contributed by atoms with Crippen LogP contribution in [-0.2, 0) is 0 Å². The van der Waals surface area contributed by atoms with Crippen LogP contribution < -0.4 is 29.6 Å². The van der Waals surface area contributed by atoms with E-state index >= 15 is 0 Å². The summed E-state index contributed by atoms with van der Waals surface area (Å²) in [6, 6.07) is 17.3. The maximum absolute atomic E-state index is 12.6. The number of anilines is 1. The summed E-state index contributed by atoms with van der Waals surface area (Å²) in [5, 5.41) is 6.85. The summed E-state index contributed by atoms with van der Waals surface area (Å²) >= 11 is 11.8. The number of carbonyl (C=O) groups excluding carboxylic acids is 1. The molecule has 0 fully saturated rings. The number of carbonyl (C=O) groups is 1. The van der Waals surface area contributed by atoms with E-state index in [9.17, 15) is 4.79 Å². The number of pyridine rings is 1. The van der Waals surface area contributed by atoms with Crippen LogP contribution in [0.25, 0.3) is 10.9 Å². The molecule has 0 bridgehead atoms. The van der Waals surface area contributed by atoms with Crippen molar-refractivity contribution in [3.8, 4) is 28.7 Å². The molecule has 2 N–H and O–H groups in total. The summed E-state index contributed by atoms with van der Waals surface area (Å²) in [6.07, 6.45) is 3.67. The predicted molar refractivity (Wildman–Crippen MR) is 157 cm³/mol. The molecule has 0 aliphatic carbocycles. The summed E-state index contributed by atoms with van der Waals surface area (Å²) in [4.78, 5) is 17.0. The Bertz CT molecular complexity index is 1480. The Morgan fingerprint density at radius 1 is 0.949 bits per heavy atom. The zero-order chi connectivity index (χ0) is 27.8. The van der Waals surface area contributed by atoms with Crippen LogP contribution >= 0.6 is 23.8 Å². The number of nitrogens with zero attached hydrogens (tertiary/aromatic N) is 1.